The second kappa shape index (κ2) is 11.3. The van der Waals surface area contributed by atoms with E-state index >= 15 is 0 Å². The van der Waals surface area contributed by atoms with E-state index in [1.807, 2.05) is 44.2 Å². The molecular formula is C31H34N4O4. The van der Waals surface area contributed by atoms with Gasteiger partial charge in [-0.3, -0.25) is 19.5 Å². The summed E-state index contributed by atoms with van der Waals surface area (Å²) in [6.07, 6.45) is 4.15. The highest BCUT2D eigenvalue weighted by Crippen LogP contribution is 2.42. The molecule has 0 spiro atoms. The molecular weight excluding hydrogens is 492 g/mol. The molecule has 2 fully saturated rings. The third kappa shape index (κ3) is 5.25. The van der Waals surface area contributed by atoms with Crippen LogP contribution < -0.4 is 14.5 Å². The Balaban J connectivity index is 1.54. The highest BCUT2D eigenvalue weighted by molar-refractivity contribution is 6.51. The summed E-state index contributed by atoms with van der Waals surface area (Å²) in [6.45, 7) is 8.35. The number of nitrogens with zero attached hydrogens (tertiary/aromatic N) is 4. The molecule has 202 valence electrons. The average Bonchev–Trinajstić information content (AvgIpc) is 3.23. The monoisotopic (exact) mass is 526 g/mol. The minimum absolute atomic E-state index is 0.0396. The van der Waals surface area contributed by atoms with Crippen molar-refractivity contribution in [3.8, 4) is 5.75 Å². The zero-order valence-corrected chi connectivity index (χ0v) is 22.6. The van der Waals surface area contributed by atoms with Gasteiger partial charge in [-0.25, -0.2) is 0 Å². The van der Waals surface area contributed by atoms with E-state index in [0.717, 1.165) is 49.6 Å². The summed E-state index contributed by atoms with van der Waals surface area (Å²) in [5.74, 6) is -0.909. The molecule has 5 rings (SSSR count). The summed E-state index contributed by atoms with van der Waals surface area (Å²) in [6, 6.07) is 15.7. The molecule has 0 radical (unpaired) electrons. The number of ether oxygens (including phenoxy) is 1. The molecule has 1 N–H and O–H groups in total. The number of amides is 1. The molecule has 2 aliphatic rings. The molecule has 0 saturated carbocycles. The summed E-state index contributed by atoms with van der Waals surface area (Å²) in [5, 5.41) is 11.4. The van der Waals surface area contributed by atoms with Gasteiger partial charge in [-0.1, -0.05) is 13.0 Å². The normalized spacial score (nSPS) is 19.5. The van der Waals surface area contributed by atoms with Gasteiger partial charge in [-0.15, -0.1) is 0 Å². The van der Waals surface area contributed by atoms with Gasteiger partial charge in [0.2, 0.25) is 0 Å². The number of aliphatic hydroxyl groups excluding tert-OH is 1. The average molecular weight is 527 g/mol. The van der Waals surface area contributed by atoms with E-state index in [4.69, 9.17) is 4.74 Å². The van der Waals surface area contributed by atoms with Crippen LogP contribution in [-0.4, -0.2) is 66.5 Å². The van der Waals surface area contributed by atoms with Gasteiger partial charge >= 0.3 is 0 Å². The topological polar surface area (TPSA) is 86.2 Å². The van der Waals surface area contributed by atoms with E-state index in [9.17, 15) is 14.7 Å². The number of piperazine rings is 1. The van der Waals surface area contributed by atoms with Crippen LogP contribution >= 0.6 is 0 Å². The number of ketones is 1. The van der Waals surface area contributed by atoms with Gasteiger partial charge in [0.05, 0.1) is 18.2 Å². The second-order valence-corrected chi connectivity index (χ2v) is 10.1. The van der Waals surface area contributed by atoms with Crippen LogP contribution in [0.1, 0.15) is 36.1 Å². The Bertz CT molecular complexity index is 1380. The molecule has 0 aliphatic carbocycles. The summed E-state index contributed by atoms with van der Waals surface area (Å²) >= 11 is 0. The van der Waals surface area contributed by atoms with Crippen molar-refractivity contribution in [2.45, 2.75) is 26.3 Å². The van der Waals surface area contributed by atoms with Crippen LogP contribution in [0.4, 0.5) is 11.4 Å². The predicted molar refractivity (Wildman–Crippen MR) is 152 cm³/mol. The minimum Gasteiger partial charge on any atom is -0.507 e. The fourth-order valence-electron chi connectivity index (χ4n) is 5.17. The molecule has 8 nitrogen and oxygen atoms in total. The maximum Gasteiger partial charge on any atom is 0.300 e. The largest absolute Gasteiger partial charge is 0.507 e. The van der Waals surface area contributed by atoms with Crippen LogP contribution in [0.2, 0.25) is 0 Å². The first-order valence-corrected chi connectivity index (χ1v) is 13.4. The molecule has 8 heteroatoms. The van der Waals surface area contributed by atoms with Gasteiger partial charge in [0.15, 0.2) is 0 Å². The predicted octanol–water partition coefficient (Wildman–Crippen LogP) is 4.56. The van der Waals surface area contributed by atoms with Gasteiger partial charge in [-0.05, 0) is 80.1 Å². The molecule has 0 bridgehead atoms. The highest BCUT2D eigenvalue weighted by Gasteiger charge is 2.47. The molecule has 1 aromatic heterocycles. The van der Waals surface area contributed by atoms with Crippen LogP contribution in [0.25, 0.3) is 5.76 Å². The van der Waals surface area contributed by atoms with E-state index in [1.165, 1.54) is 4.90 Å². The van der Waals surface area contributed by atoms with Crippen LogP contribution in [0, 0.1) is 6.92 Å². The van der Waals surface area contributed by atoms with Crippen molar-refractivity contribution in [3.63, 3.8) is 0 Å². The molecule has 3 aromatic rings. The Kier molecular flexibility index (Phi) is 7.65. The number of rotatable bonds is 7. The van der Waals surface area contributed by atoms with E-state index in [-0.39, 0.29) is 11.3 Å². The van der Waals surface area contributed by atoms with Gasteiger partial charge in [-0.2, -0.15) is 0 Å². The van der Waals surface area contributed by atoms with Crippen molar-refractivity contribution in [1.82, 2.24) is 9.88 Å². The number of aromatic nitrogens is 1. The number of carbonyl (C=O) groups excluding carboxylic acids is 2. The van der Waals surface area contributed by atoms with E-state index in [2.05, 4.69) is 21.8 Å². The third-order valence-electron chi connectivity index (χ3n) is 7.35. The number of aryl methyl sites for hydroxylation is 1. The highest BCUT2D eigenvalue weighted by atomic mass is 16.5. The summed E-state index contributed by atoms with van der Waals surface area (Å²) in [5.41, 5.74) is 3.62. The number of hydrogen-bond acceptors (Lipinski definition) is 7. The smallest absolute Gasteiger partial charge is 0.300 e. The SMILES string of the molecule is CCCOc1ccc(/C(O)=C2/C(=O)C(=O)N(c3ccc(N4CCN(C)CC4)cc3)C2c2cccnc2)cc1C. The van der Waals surface area contributed by atoms with E-state index in [0.29, 0.717) is 23.4 Å². The first-order chi connectivity index (χ1) is 18.9. The molecule has 2 aliphatic heterocycles. The summed E-state index contributed by atoms with van der Waals surface area (Å²) < 4.78 is 5.77. The number of carbonyl (C=O) groups is 2. The fourth-order valence-corrected chi connectivity index (χ4v) is 5.17. The number of aliphatic hydroxyl groups is 1. The van der Waals surface area contributed by atoms with Crippen LogP contribution in [-0.2, 0) is 9.59 Å². The Morgan fingerprint density at radius 2 is 1.74 bits per heavy atom. The van der Waals surface area contributed by atoms with Crippen LogP contribution in [0.3, 0.4) is 0 Å². The molecule has 2 saturated heterocycles. The van der Waals surface area contributed by atoms with Crippen LogP contribution in [0.15, 0.2) is 72.6 Å². The van der Waals surface area contributed by atoms with E-state index in [1.54, 1.807) is 36.7 Å². The quantitative estimate of drug-likeness (QED) is 0.274. The van der Waals surface area contributed by atoms with Gasteiger partial charge in [0.25, 0.3) is 11.7 Å². The zero-order valence-electron chi connectivity index (χ0n) is 22.6. The molecule has 2 aromatic carbocycles. The summed E-state index contributed by atoms with van der Waals surface area (Å²) in [7, 11) is 2.12. The Labute approximate surface area is 229 Å². The number of pyridine rings is 1. The van der Waals surface area contributed by atoms with Gasteiger partial charge < -0.3 is 19.6 Å². The Morgan fingerprint density at radius 3 is 2.38 bits per heavy atom. The van der Waals surface area contributed by atoms with Crippen LogP contribution in [0.5, 0.6) is 5.75 Å². The lowest BCUT2D eigenvalue weighted by molar-refractivity contribution is -0.132. The van der Waals surface area contributed by atoms with Crippen molar-refractivity contribution in [2.24, 2.45) is 0 Å². The molecule has 1 amide bonds. The number of anilines is 2. The summed E-state index contributed by atoms with van der Waals surface area (Å²) in [4.78, 5) is 37.2. The minimum atomic E-state index is -0.815. The lowest BCUT2D eigenvalue weighted by atomic mass is 9.95. The molecule has 1 unspecified atom stereocenters. The standard InChI is InChI=1S/C31H34N4O4/c1-4-18-39-26-12-7-22(19-21(26)2)29(36)27-28(23-6-5-13-32-20-23)35(31(38)30(27)37)25-10-8-24(9-11-25)34-16-14-33(3)15-17-34/h5-13,19-20,28,36H,4,14-18H2,1-3H3/b29-27-. The van der Waals surface area contributed by atoms with Gasteiger partial charge in [0, 0.05) is 55.5 Å². The van der Waals surface area contributed by atoms with Crippen molar-refractivity contribution in [2.75, 3.05) is 49.6 Å². The first kappa shape index (κ1) is 26.4. The molecule has 3 heterocycles. The lowest BCUT2D eigenvalue weighted by Crippen LogP contribution is -2.44. The molecule has 39 heavy (non-hydrogen) atoms. The maximum atomic E-state index is 13.5. The molecule has 1 atom stereocenters. The number of benzene rings is 2. The van der Waals surface area contributed by atoms with Crippen molar-refractivity contribution in [1.29, 1.82) is 0 Å². The third-order valence-corrected chi connectivity index (χ3v) is 7.35. The number of Topliss-reactive ketones (excluding diaryl/α,β-unsaturated/α-hetero) is 1. The number of hydrogen-bond donors (Lipinski definition) is 1. The first-order valence-electron chi connectivity index (χ1n) is 13.4. The lowest BCUT2D eigenvalue weighted by Gasteiger charge is -2.34. The maximum absolute atomic E-state index is 13.5. The Hall–Kier alpha value is -4.17. The second-order valence-electron chi connectivity index (χ2n) is 10.1. The van der Waals surface area contributed by atoms with Crippen molar-refractivity contribution in [3.05, 3.63) is 89.3 Å². The van der Waals surface area contributed by atoms with Crippen molar-refractivity contribution >= 4 is 28.8 Å². The Morgan fingerprint density at radius 1 is 1.03 bits per heavy atom. The van der Waals surface area contributed by atoms with Gasteiger partial charge in [0.1, 0.15) is 11.5 Å². The number of likely N-dealkylation sites (N-methyl/N-ethyl adjacent to an activating group) is 1. The van der Waals surface area contributed by atoms with E-state index < -0.39 is 17.7 Å². The van der Waals surface area contributed by atoms with Crippen molar-refractivity contribution < 1.29 is 19.4 Å². The zero-order chi connectivity index (χ0) is 27.5. The fraction of sp³-hybridized carbons (Fsp3) is 0.323.